The molecule has 0 spiro atoms. The molecule has 1 atom stereocenters. The smallest absolute Gasteiger partial charge is 0.222 e. The van der Waals surface area contributed by atoms with Gasteiger partial charge in [0.2, 0.25) is 11.3 Å². The van der Waals surface area contributed by atoms with Crippen molar-refractivity contribution in [2.24, 2.45) is 0 Å². The number of amides is 1. The molecule has 0 bridgehead atoms. The summed E-state index contributed by atoms with van der Waals surface area (Å²) < 4.78 is 6.94. The van der Waals surface area contributed by atoms with Crippen molar-refractivity contribution in [3.8, 4) is 5.75 Å². The number of fused-ring (bicyclic) bond motifs is 1. The van der Waals surface area contributed by atoms with Gasteiger partial charge in [0.25, 0.3) is 0 Å². The number of methoxy groups -OCH3 is 1. The Balaban J connectivity index is 1.53. The van der Waals surface area contributed by atoms with Crippen LogP contribution in [0.2, 0.25) is 0 Å². The van der Waals surface area contributed by atoms with Crippen molar-refractivity contribution >= 4 is 16.8 Å². The zero-order valence-electron chi connectivity index (χ0n) is 17.2. The van der Waals surface area contributed by atoms with Gasteiger partial charge in [0.15, 0.2) is 0 Å². The molecule has 1 heterocycles. The van der Waals surface area contributed by atoms with E-state index in [9.17, 15) is 9.59 Å². The Kier molecular flexibility index (Phi) is 6.08. The van der Waals surface area contributed by atoms with Crippen LogP contribution in [0.25, 0.3) is 10.9 Å². The number of carbonyl (C=O) groups is 1. The van der Waals surface area contributed by atoms with Crippen LogP contribution in [-0.2, 0) is 11.3 Å². The highest BCUT2D eigenvalue weighted by Crippen LogP contribution is 2.24. The first-order chi connectivity index (χ1) is 15.2. The second kappa shape index (κ2) is 9.26. The minimum Gasteiger partial charge on any atom is -0.497 e. The van der Waals surface area contributed by atoms with E-state index in [1.165, 1.54) is 6.20 Å². The summed E-state index contributed by atoms with van der Waals surface area (Å²) in [6, 6.07) is 24.5. The summed E-state index contributed by atoms with van der Waals surface area (Å²) >= 11 is 0. The topological polar surface area (TPSA) is 73.2 Å². The van der Waals surface area contributed by atoms with Gasteiger partial charge in [-0.3, -0.25) is 14.3 Å². The first kappa shape index (κ1) is 20.3. The van der Waals surface area contributed by atoms with Gasteiger partial charge >= 0.3 is 0 Å². The fourth-order valence-electron chi connectivity index (χ4n) is 3.58. The molecule has 3 aromatic carbocycles. The fraction of sp³-hybridized carbons (Fsp3) is 0.160. The Bertz CT molecular complexity index is 1230. The number of benzene rings is 3. The van der Waals surface area contributed by atoms with E-state index < -0.39 is 0 Å². The molecule has 6 nitrogen and oxygen atoms in total. The highest BCUT2D eigenvalue weighted by atomic mass is 16.5. The second-order valence-corrected chi connectivity index (χ2v) is 7.18. The lowest BCUT2D eigenvalue weighted by Crippen LogP contribution is -2.30. The Hall–Kier alpha value is -3.93. The molecule has 31 heavy (non-hydrogen) atoms. The lowest BCUT2D eigenvalue weighted by atomic mass is 9.98. The molecular weight excluding hydrogens is 390 g/mol. The van der Waals surface area contributed by atoms with Crippen LogP contribution in [0, 0.1) is 0 Å². The summed E-state index contributed by atoms with van der Waals surface area (Å²) in [5, 5.41) is 7.93. The van der Waals surface area contributed by atoms with E-state index in [0.29, 0.717) is 11.9 Å². The maximum absolute atomic E-state index is 12.9. The average molecular weight is 413 g/mol. The number of carbonyl (C=O) groups excluding carboxylic acids is 1. The number of ether oxygens (including phenoxy) is 1. The summed E-state index contributed by atoms with van der Waals surface area (Å²) in [5.41, 5.74) is 2.55. The van der Waals surface area contributed by atoms with E-state index in [1.54, 1.807) is 17.9 Å². The molecule has 0 saturated heterocycles. The van der Waals surface area contributed by atoms with Crippen molar-refractivity contribution in [2.45, 2.75) is 19.0 Å². The van der Waals surface area contributed by atoms with E-state index in [2.05, 4.69) is 10.4 Å². The Morgan fingerprint density at radius 2 is 1.65 bits per heavy atom. The van der Waals surface area contributed by atoms with Crippen molar-refractivity contribution in [2.75, 3.05) is 7.11 Å². The van der Waals surface area contributed by atoms with E-state index in [4.69, 9.17) is 4.74 Å². The van der Waals surface area contributed by atoms with Crippen LogP contribution in [0.1, 0.15) is 23.6 Å². The van der Waals surface area contributed by atoms with Crippen molar-refractivity contribution in [1.29, 1.82) is 0 Å². The zero-order valence-corrected chi connectivity index (χ0v) is 17.2. The van der Waals surface area contributed by atoms with Gasteiger partial charge in [0, 0.05) is 11.8 Å². The molecule has 0 aliphatic heterocycles. The second-order valence-electron chi connectivity index (χ2n) is 7.18. The van der Waals surface area contributed by atoms with E-state index in [0.717, 1.165) is 22.4 Å². The Labute approximate surface area is 180 Å². The normalized spacial score (nSPS) is 11.8. The highest BCUT2D eigenvalue weighted by Gasteiger charge is 2.17. The molecule has 1 amide bonds. The van der Waals surface area contributed by atoms with Crippen LogP contribution in [0.4, 0.5) is 0 Å². The first-order valence-electron chi connectivity index (χ1n) is 10.1. The van der Waals surface area contributed by atoms with Crippen LogP contribution < -0.4 is 15.5 Å². The lowest BCUT2D eigenvalue weighted by Gasteiger charge is -2.20. The number of hydrogen-bond donors (Lipinski definition) is 1. The first-order valence-corrected chi connectivity index (χ1v) is 10.1. The third kappa shape index (κ3) is 4.64. The molecule has 156 valence electrons. The third-order valence-corrected chi connectivity index (χ3v) is 5.20. The number of aromatic nitrogens is 2. The molecule has 0 fully saturated rings. The number of para-hydroxylation sites is 1. The molecule has 6 heteroatoms. The van der Waals surface area contributed by atoms with Gasteiger partial charge in [-0.15, -0.1) is 0 Å². The molecule has 1 aromatic heterocycles. The molecule has 0 radical (unpaired) electrons. The van der Waals surface area contributed by atoms with Crippen molar-refractivity contribution in [3.05, 3.63) is 106 Å². The number of rotatable bonds is 7. The predicted molar refractivity (Wildman–Crippen MR) is 120 cm³/mol. The van der Waals surface area contributed by atoms with Crippen LogP contribution in [0.3, 0.4) is 0 Å². The number of nitrogens with one attached hydrogen (secondary N) is 1. The van der Waals surface area contributed by atoms with E-state index in [-0.39, 0.29) is 23.8 Å². The Morgan fingerprint density at radius 3 is 2.39 bits per heavy atom. The minimum atomic E-state index is -0.279. The molecule has 4 rings (SSSR count). The van der Waals surface area contributed by atoms with Crippen LogP contribution in [-0.4, -0.2) is 22.8 Å². The number of aryl methyl sites for hydroxylation is 1. The molecule has 0 aliphatic rings. The van der Waals surface area contributed by atoms with E-state index >= 15 is 0 Å². The maximum Gasteiger partial charge on any atom is 0.222 e. The molecule has 1 unspecified atom stereocenters. The van der Waals surface area contributed by atoms with Crippen molar-refractivity contribution in [3.63, 3.8) is 0 Å². The summed E-state index contributed by atoms with van der Waals surface area (Å²) in [6.45, 7) is 0.372. The van der Waals surface area contributed by atoms with Gasteiger partial charge in [-0.2, -0.15) is 5.10 Å². The molecule has 4 aromatic rings. The van der Waals surface area contributed by atoms with Gasteiger partial charge < -0.3 is 10.1 Å². The van der Waals surface area contributed by atoms with Gasteiger partial charge in [-0.05, 0) is 35.4 Å². The van der Waals surface area contributed by atoms with E-state index in [1.807, 2.05) is 72.8 Å². The molecule has 0 aliphatic carbocycles. The minimum absolute atomic E-state index is 0.103. The van der Waals surface area contributed by atoms with Crippen molar-refractivity contribution in [1.82, 2.24) is 15.1 Å². The summed E-state index contributed by atoms with van der Waals surface area (Å²) in [4.78, 5) is 24.9. The monoisotopic (exact) mass is 413 g/mol. The largest absolute Gasteiger partial charge is 0.497 e. The number of nitrogens with zero attached hydrogens (tertiary/aromatic N) is 2. The third-order valence-electron chi connectivity index (χ3n) is 5.20. The quantitative estimate of drug-likeness (QED) is 0.501. The lowest BCUT2D eigenvalue weighted by molar-refractivity contribution is -0.121. The average Bonchev–Trinajstić information content (AvgIpc) is 2.83. The zero-order chi connectivity index (χ0) is 21.6. The Morgan fingerprint density at radius 1 is 0.968 bits per heavy atom. The molecular formula is C25H23N3O3. The number of hydrogen-bond acceptors (Lipinski definition) is 4. The maximum atomic E-state index is 12.9. The van der Waals surface area contributed by atoms with Crippen LogP contribution >= 0.6 is 0 Å². The predicted octanol–water partition coefficient (Wildman–Crippen LogP) is 3.70. The SMILES string of the molecule is COc1ccc(C(NC(=O)CCn2ncc(=O)c3ccccc32)c2ccccc2)cc1. The summed E-state index contributed by atoms with van der Waals surface area (Å²) in [6.07, 6.45) is 1.53. The van der Waals surface area contributed by atoms with Gasteiger partial charge in [0.1, 0.15) is 5.75 Å². The van der Waals surface area contributed by atoms with Crippen LogP contribution in [0.15, 0.2) is 89.9 Å². The summed E-state index contributed by atoms with van der Waals surface area (Å²) in [5.74, 6) is 0.660. The standard InChI is InChI=1S/C25H23N3O3/c1-31-20-13-11-19(12-14-20)25(18-7-3-2-4-8-18)27-24(30)15-16-28-22-10-6-5-9-21(22)23(29)17-26-28/h2-14,17,25H,15-16H2,1H3,(H,27,30). The summed E-state index contributed by atoms with van der Waals surface area (Å²) in [7, 11) is 1.63. The van der Waals surface area contributed by atoms with Crippen molar-refractivity contribution < 1.29 is 9.53 Å². The molecule has 1 N–H and O–H groups in total. The van der Waals surface area contributed by atoms with Crippen LogP contribution in [0.5, 0.6) is 5.75 Å². The van der Waals surface area contributed by atoms with Gasteiger partial charge in [-0.25, -0.2) is 0 Å². The highest BCUT2D eigenvalue weighted by molar-refractivity contribution is 5.79. The van der Waals surface area contributed by atoms with Gasteiger partial charge in [-0.1, -0.05) is 54.6 Å². The molecule has 0 saturated carbocycles. The fourth-order valence-corrected chi connectivity index (χ4v) is 3.58. The van der Waals surface area contributed by atoms with Gasteiger partial charge in [0.05, 0.1) is 31.4 Å².